The summed E-state index contributed by atoms with van der Waals surface area (Å²) in [6.45, 7) is 0. The summed E-state index contributed by atoms with van der Waals surface area (Å²) in [5, 5.41) is 279. The molecule has 0 aliphatic rings. The lowest BCUT2D eigenvalue weighted by Crippen LogP contribution is -2.07. The Morgan fingerprint density at radius 1 is 0.0769 bits per heavy atom. The minimum absolute atomic E-state index is 2.17. The van der Waals surface area contributed by atoms with Crippen molar-refractivity contribution < 1.29 is 196 Å². The van der Waals surface area contributed by atoms with Gasteiger partial charge in [-0.15, -0.1) is 0 Å². The van der Waals surface area contributed by atoms with Gasteiger partial charge in [0.25, 0.3) is 0 Å². The average molecular weight is 804 g/mol. The average Bonchev–Trinajstić information content (AvgIpc) is 2.67. The smallest absolute Gasteiger partial charge is 0.402 e. The summed E-state index contributed by atoms with van der Waals surface area (Å²) < 4.78 is 0. The summed E-state index contributed by atoms with van der Waals surface area (Å²) in [4.78, 5) is 0. The molecule has 0 rings (SSSR count). The molecule has 0 aromatic rings. The second-order valence-corrected chi connectivity index (χ2v) is 4.50. The highest BCUT2D eigenvalue weighted by Gasteiger charge is 1.96. The normalized spacial score (nSPS) is 6.75. The van der Waals surface area contributed by atoms with Crippen LogP contribution in [0.3, 0.4) is 0 Å². The molecule has 0 heterocycles. The van der Waals surface area contributed by atoms with Gasteiger partial charge >= 0.3 is 95.2 Å². The monoisotopic (exact) mass is 806 g/mol. The molecule has 0 saturated carbocycles. The quantitative estimate of drug-likeness (QED) is 0.101. The second kappa shape index (κ2) is 83.3. The first kappa shape index (κ1) is 88.5. The van der Waals surface area contributed by atoms with Crippen LogP contribution in [0, 0.1) is 0 Å². The Kier molecular flexibility index (Phi) is 142. The summed E-state index contributed by atoms with van der Waals surface area (Å²) in [5.41, 5.74) is 0. The highest BCUT2D eigenvalue weighted by molar-refractivity contribution is 6.33. The molecule has 0 atom stereocenters. The van der Waals surface area contributed by atoms with Gasteiger partial charge in [-0.25, -0.2) is 0 Å². The largest absolute Gasteiger partial charge is 0.631 e. The molecule has 52 heavy (non-hydrogen) atoms. The summed E-state index contributed by atoms with van der Waals surface area (Å²) >= 11 is 0. The van der Waals surface area contributed by atoms with E-state index in [1.54, 1.807) is 0 Å². The van der Waals surface area contributed by atoms with Crippen molar-refractivity contribution in [1.82, 2.24) is 0 Å². The Bertz CT molecular complexity index is 248. The first-order chi connectivity index (χ1) is 22.5. The first-order valence-corrected chi connectivity index (χ1v) is 10.1. The molecule has 0 aromatic carbocycles. The molecule has 0 bridgehead atoms. The van der Waals surface area contributed by atoms with Gasteiger partial charge in [-0.2, -0.15) is 0 Å². The van der Waals surface area contributed by atoms with Crippen LogP contribution in [0.2, 0.25) is 0 Å². The molecule has 0 amide bonds. The van der Waals surface area contributed by atoms with Crippen molar-refractivity contribution in [2.24, 2.45) is 0 Å². The SMILES string of the molecule is OB(O)O.OB(O)O.OB(O)O.OB(O)O.OB(O)O.OB(O)O.OB(O)O.OB(O)O.OB(O)O.OB(O)O.OB(O)O.OB(O)O.OB(O)O. The number of hydrogen-bond acceptors (Lipinski definition) is 39. The van der Waals surface area contributed by atoms with Crippen LogP contribution in [0.1, 0.15) is 0 Å². The van der Waals surface area contributed by atoms with Crippen molar-refractivity contribution in [3.63, 3.8) is 0 Å². The first-order valence-electron chi connectivity index (χ1n) is 10.1. The molecule has 52 heteroatoms. The fourth-order valence-electron chi connectivity index (χ4n) is 0. The highest BCUT2D eigenvalue weighted by Crippen LogP contribution is 1.44. The van der Waals surface area contributed by atoms with E-state index >= 15 is 0 Å². The maximum Gasteiger partial charge on any atom is 0.631 e. The minimum atomic E-state index is -2.17. The molecule has 39 nitrogen and oxygen atoms in total. The van der Waals surface area contributed by atoms with Gasteiger partial charge in [-0.05, 0) is 0 Å². The third-order valence-electron chi connectivity index (χ3n) is 0. The fourth-order valence-corrected chi connectivity index (χ4v) is 0. The zero-order valence-electron chi connectivity index (χ0n) is 24.9. The second-order valence-electron chi connectivity index (χ2n) is 4.50. The van der Waals surface area contributed by atoms with Crippen molar-refractivity contribution in [1.29, 1.82) is 0 Å². The molecule has 0 aliphatic heterocycles. The van der Waals surface area contributed by atoms with Crippen LogP contribution < -0.4 is 0 Å². The van der Waals surface area contributed by atoms with E-state index in [9.17, 15) is 0 Å². The Hall–Kier alpha value is -0.716. The Labute approximate surface area is 291 Å². The third-order valence-corrected chi connectivity index (χ3v) is 0. The maximum absolute atomic E-state index is 7.17. The van der Waals surface area contributed by atoms with Crippen LogP contribution in [-0.4, -0.2) is 291 Å². The zero-order valence-corrected chi connectivity index (χ0v) is 24.9. The topological polar surface area (TPSA) is 789 Å². The van der Waals surface area contributed by atoms with Crippen molar-refractivity contribution in [3.05, 3.63) is 0 Å². The molecule has 0 aliphatic carbocycles. The van der Waals surface area contributed by atoms with E-state index in [0.29, 0.717) is 0 Å². The zero-order chi connectivity index (χ0) is 46.5. The fraction of sp³-hybridized carbons (Fsp3) is 0. The van der Waals surface area contributed by atoms with E-state index in [-0.39, 0.29) is 0 Å². The van der Waals surface area contributed by atoms with Gasteiger partial charge < -0.3 is 196 Å². The molecule has 0 aromatic heterocycles. The maximum atomic E-state index is 7.17. The minimum Gasteiger partial charge on any atom is -0.402 e. The van der Waals surface area contributed by atoms with E-state index in [2.05, 4.69) is 0 Å². The Morgan fingerprint density at radius 3 is 0.0769 bits per heavy atom. The lowest BCUT2D eigenvalue weighted by atomic mass is 10.3. The van der Waals surface area contributed by atoms with Crippen molar-refractivity contribution >= 4 is 95.2 Å². The van der Waals surface area contributed by atoms with E-state index in [4.69, 9.17) is 196 Å². The highest BCUT2D eigenvalue weighted by atomic mass is 16.6. The van der Waals surface area contributed by atoms with Gasteiger partial charge in [0.05, 0.1) is 0 Å². The van der Waals surface area contributed by atoms with Crippen molar-refractivity contribution in [2.75, 3.05) is 0 Å². The van der Waals surface area contributed by atoms with Gasteiger partial charge in [-0.3, -0.25) is 0 Å². The van der Waals surface area contributed by atoms with Gasteiger partial charge in [0.15, 0.2) is 0 Å². The van der Waals surface area contributed by atoms with Gasteiger partial charge in [0.2, 0.25) is 0 Å². The summed E-state index contributed by atoms with van der Waals surface area (Å²) in [6, 6.07) is 0. The predicted molar refractivity (Wildman–Crippen MR) is 161 cm³/mol. The van der Waals surface area contributed by atoms with E-state index in [0.717, 1.165) is 0 Å². The number of hydrogen-bond donors (Lipinski definition) is 39. The number of rotatable bonds is 0. The van der Waals surface area contributed by atoms with Gasteiger partial charge in [0.1, 0.15) is 0 Å². The van der Waals surface area contributed by atoms with Crippen molar-refractivity contribution in [3.8, 4) is 0 Å². The molecular formula is H39B13O39. The van der Waals surface area contributed by atoms with E-state index < -0.39 is 95.2 Å². The molecule has 312 valence electrons. The van der Waals surface area contributed by atoms with Gasteiger partial charge in [-0.1, -0.05) is 0 Å². The summed E-state index contributed by atoms with van der Waals surface area (Å²) in [5.74, 6) is 0. The molecule has 0 unspecified atom stereocenters. The molecule has 0 saturated heterocycles. The molecule has 0 radical (unpaired) electrons. The molecule has 0 spiro atoms. The van der Waals surface area contributed by atoms with Crippen LogP contribution in [0.4, 0.5) is 0 Å². The van der Waals surface area contributed by atoms with Crippen LogP contribution in [-0.2, 0) is 0 Å². The van der Waals surface area contributed by atoms with Gasteiger partial charge in [0, 0.05) is 0 Å². The molecule has 39 N–H and O–H groups in total. The van der Waals surface area contributed by atoms with Crippen LogP contribution in [0.25, 0.3) is 0 Å². The Balaban J connectivity index is -0.0000000288. The summed E-state index contributed by atoms with van der Waals surface area (Å²) in [7, 11) is -28.2. The molecule has 0 fully saturated rings. The van der Waals surface area contributed by atoms with Crippen LogP contribution >= 0.6 is 0 Å². The third kappa shape index (κ3) is 224000. The molecular weight excluding hydrogens is 765 g/mol. The van der Waals surface area contributed by atoms with E-state index in [1.165, 1.54) is 0 Å². The lowest BCUT2D eigenvalue weighted by molar-refractivity contribution is 0.276. The lowest BCUT2D eigenvalue weighted by Gasteiger charge is -1.69. The van der Waals surface area contributed by atoms with E-state index in [1.807, 2.05) is 0 Å². The van der Waals surface area contributed by atoms with Crippen LogP contribution in [0.15, 0.2) is 0 Å². The van der Waals surface area contributed by atoms with Crippen LogP contribution in [0.5, 0.6) is 0 Å². The predicted octanol–water partition coefficient (Wildman–Crippen LogP) is -26.7. The standard InChI is InChI=1S/13BH3O3/c13*2-1(3)4/h13*2-4H. The summed E-state index contributed by atoms with van der Waals surface area (Å²) in [6.07, 6.45) is 0. The van der Waals surface area contributed by atoms with Crippen molar-refractivity contribution in [2.45, 2.75) is 0 Å². The Morgan fingerprint density at radius 2 is 0.0769 bits per heavy atom.